The van der Waals surface area contributed by atoms with E-state index >= 15 is 0 Å². The molecule has 0 radical (unpaired) electrons. The molecule has 0 spiro atoms. The monoisotopic (exact) mass is 423 g/mol. The first kappa shape index (κ1) is 24.7. The number of imidazole rings is 1. The molecule has 0 saturated carbocycles. The van der Waals surface area contributed by atoms with Crippen molar-refractivity contribution in [2.75, 3.05) is 12.3 Å². The molecule has 2 aromatic heterocycles. The van der Waals surface area contributed by atoms with E-state index in [-0.39, 0.29) is 120 Å². The van der Waals surface area contributed by atoms with Crippen LogP contribution in [0.3, 0.4) is 0 Å². The van der Waals surface area contributed by atoms with Gasteiger partial charge in [0, 0.05) is 0 Å². The fourth-order valence-corrected chi connectivity index (χ4v) is 2.65. The number of nitrogens with two attached hydrogens (primary N) is 1. The largest absolute Gasteiger partial charge is 1.00 e. The summed E-state index contributed by atoms with van der Waals surface area (Å²) in [6, 6.07) is 0. The minimum absolute atomic E-state index is 0. The average Bonchev–Trinajstić information content (AvgIpc) is 3.01. The van der Waals surface area contributed by atoms with Crippen molar-refractivity contribution in [3.63, 3.8) is 0 Å². The Labute approximate surface area is 226 Å². The second-order valence-corrected chi connectivity index (χ2v) is 6.02. The number of hydrogen-bond acceptors (Lipinski definition) is 11. The summed E-state index contributed by atoms with van der Waals surface area (Å²) in [7, 11) is -5.22. The fourth-order valence-electron chi connectivity index (χ4n) is 2.32. The number of rotatable bonds is 4. The van der Waals surface area contributed by atoms with Gasteiger partial charge in [-0.25, -0.2) is 15.0 Å². The van der Waals surface area contributed by atoms with Crippen LogP contribution in [-0.4, -0.2) is 54.7 Å². The maximum absolute atomic E-state index is 10.5. The summed E-state index contributed by atoms with van der Waals surface area (Å²) < 4.78 is 21.3. The molecular weight excluding hydrogens is 411 g/mol. The van der Waals surface area contributed by atoms with Gasteiger partial charge in [0.05, 0.1) is 20.8 Å². The van der Waals surface area contributed by atoms with Crippen molar-refractivity contribution < 1.29 is 137 Å². The standard InChI is InChI=1S/C10H14N5O7P.2K/c11-8-5-9(13-2-12-8)15(3-14-5)10-7(17)6(16)4(22-10)1-21-23(18,19)20;;/h2-4,6-7,10,16-17H,1H2,(H2,11,12,13)(H2,18,19,20);;/q;2*+1/p-2. The van der Waals surface area contributed by atoms with E-state index in [2.05, 4.69) is 19.5 Å². The van der Waals surface area contributed by atoms with Gasteiger partial charge in [-0.05, 0) is 0 Å². The number of phosphoric ester groups is 1. The third-order valence-electron chi connectivity index (χ3n) is 3.40. The molecule has 126 valence electrons. The molecule has 25 heavy (non-hydrogen) atoms. The van der Waals surface area contributed by atoms with E-state index in [1.54, 1.807) is 0 Å². The second kappa shape index (κ2) is 9.89. The van der Waals surface area contributed by atoms with Gasteiger partial charge in [-0.3, -0.25) is 4.57 Å². The van der Waals surface area contributed by atoms with Gasteiger partial charge < -0.3 is 39.6 Å². The number of aromatic nitrogens is 4. The predicted octanol–water partition coefficient (Wildman–Crippen LogP) is -9.12. The number of nitrogen functional groups attached to an aromatic ring is 1. The molecular formula is C10H12K2N5O7P. The Morgan fingerprint density at radius 3 is 2.60 bits per heavy atom. The molecule has 3 heterocycles. The Morgan fingerprint density at radius 1 is 1.28 bits per heavy atom. The van der Waals surface area contributed by atoms with Crippen LogP contribution < -0.4 is 118 Å². The van der Waals surface area contributed by atoms with Crippen LogP contribution in [0.5, 0.6) is 0 Å². The zero-order chi connectivity index (χ0) is 16.8. The van der Waals surface area contributed by atoms with Gasteiger partial charge in [0.2, 0.25) is 0 Å². The van der Waals surface area contributed by atoms with E-state index < -0.39 is 39.0 Å². The summed E-state index contributed by atoms with van der Waals surface area (Å²) in [5, 5.41) is 20.0. The zero-order valence-electron chi connectivity index (χ0n) is 13.4. The molecule has 12 nitrogen and oxygen atoms in total. The minimum Gasteiger partial charge on any atom is -0.790 e. The van der Waals surface area contributed by atoms with Gasteiger partial charge >= 0.3 is 103 Å². The van der Waals surface area contributed by atoms with Crippen LogP contribution in [0.2, 0.25) is 0 Å². The van der Waals surface area contributed by atoms with E-state index in [0.29, 0.717) is 0 Å². The summed E-state index contributed by atoms with van der Waals surface area (Å²) in [6.45, 7) is -0.719. The molecule has 0 amide bonds. The Bertz CT molecular complexity index is 773. The number of aliphatic hydroxyl groups is 2. The minimum atomic E-state index is -5.22. The smallest absolute Gasteiger partial charge is 0.790 e. The molecule has 0 aliphatic carbocycles. The quantitative estimate of drug-likeness (QED) is 0.312. The van der Waals surface area contributed by atoms with Crippen LogP contribution in [0.15, 0.2) is 12.7 Å². The molecule has 0 aromatic carbocycles. The SMILES string of the molecule is Nc1ncnc2c1ncn2C1OC(COP(=O)([O-])[O-])C(O)C1O.[K+].[K+]. The van der Waals surface area contributed by atoms with Crippen molar-refractivity contribution in [2.45, 2.75) is 24.5 Å². The first-order chi connectivity index (χ1) is 10.8. The summed E-state index contributed by atoms with van der Waals surface area (Å²) in [6.07, 6.45) is -2.75. The number of hydrogen-bond donors (Lipinski definition) is 3. The number of anilines is 1. The molecule has 2 aromatic rings. The molecule has 4 atom stereocenters. The van der Waals surface area contributed by atoms with Gasteiger partial charge in [0.1, 0.15) is 30.2 Å². The summed E-state index contributed by atoms with van der Waals surface area (Å²) in [5.41, 5.74) is 6.19. The van der Waals surface area contributed by atoms with Crippen LogP contribution in [0.25, 0.3) is 11.2 Å². The number of fused-ring (bicyclic) bond motifs is 1. The van der Waals surface area contributed by atoms with E-state index in [1.807, 2.05) is 0 Å². The first-order valence-corrected chi connectivity index (χ1v) is 7.85. The van der Waals surface area contributed by atoms with Crippen molar-refractivity contribution in [3.8, 4) is 0 Å². The number of phosphoric acid groups is 1. The van der Waals surface area contributed by atoms with Crippen LogP contribution in [0.4, 0.5) is 5.82 Å². The Morgan fingerprint density at radius 2 is 1.96 bits per heavy atom. The number of nitrogens with zero attached hydrogens (tertiary/aromatic N) is 4. The van der Waals surface area contributed by atoms with Crippen LogP contribution in [0, 0.1) is 0 Å². The van der Waals surface area contributed by atoms with Crippen molar-refractivity contribution in [2.24, 2.45) is 0 Å². The molecule has 1 aliphatic rings. The van der Waals surface area contributed by atoms with Crippen molar-refractivity contribution in [1.29, 1.82) is 0 Å². The van der Waals surface area contributed by atoms with E-state index in [1.165, 1.54) is 17.2 Å². The topological polar surface area (TPSA) is 192 Å². The van der Waals surface area contributed by atoms with Crippen LogP contribution in [-0.2, 0) is 13.8 Å². The summed E-state index contributed by atoms with van der Waals surface area (Å²) >= 11 is 0. The maximum Gasteiger partial charge on any atom is 1.00 e. The van der Waals surface area contributed by atoms with Crippen molar-refractivity contribution in [3.05, 3.63) is 12.7 Å². The summed E-state index contributed by atoms with van der Waals surface area (Å²) in [5.74, 6) is 0.125. The number of aliphatic hydroxyl groups excluding tert-OH is 2. The van der Waals surface area contributed by atoms with Gasteiger partial charge in [-0.1, -0.05) is 0 Å². The molecule has 1 saturated heterocycles. The molecule has 1 fully saturated rings. The van der Waals surface area contributed by atoms with Crippen LogP contribution in [0.1, 0.15) is 6.23 Å². The zero-order valence-corrected chi connectivity index (χ0v) is 20.6. The van der Waals surface area contributed by atoms with Gasteiger partial charge in [0.15, 0.2) is 17.7 Å². The summed E-state index contributed by atoms with van der Waals surface area (Å²) in [4.78, 5) is 32.8. The van der Waals surface area contributed by atoms with E-state index in [4.69, 9.17) is 10.5 Å². The van der Waals surface area contributed by atoms with Gasteiger partial charge in [-0.15, -0.1) is 0 Å². The first-order valence-electron chi connectivity index (χ1n) is 6.39. The molecule has 4 N–H and O–H groups in total. The number of ether oxygens (including phenoxy) is 1. The fraction of sp³-hybridized carbons (Fsp3) is 0.500. The van der Waals surface area contributed by atoms with E-state index in [9.17, 15) is 24.6 Å². The van der Waals surface area contributed by atoms with Crippen molar-refractivity contribution >= 4 is 24.8 Å². The average molecular weight is 423 g/mol. The second-order valence-electron chi connectivity index (χ2n) is 4.87. The van der Waals surface area contributed by atoms with Gasteiger partial charge in [-0.2, -0.15) is 0 Å². The van der Waals surface area contributed by atoms with Crippen molar-refractivity contribution in [1.82, 2.24) is 19.5 Å². The van der Waals surface area contributed by atoms with Crippen LogP contribution >= 0.6 is 7.82 Å². The molecule has 15 heteroatoms. The third kappa shape index (κ3) is 5.57. The Hall–Kier alpha value is 1.61. The molecule has 4 unspecified atom stereocenters. The Balaban J connectivity index is 0.00000156. The molecule has 0 bridgehead atoms. The molecule has 1 aliphatic heterocycles. The van der Waals surface area contributed by atoms with E-state index in [0.717, 1.165) is 0 Å². The van der Waals surface area contributed by atoms with Gasteiger partial charge in [0.25, 0.3) is 0 Å². The third-order valence-corrected chi connectivity index (χ3v) is 3.86. The Kier molecular flexibility index (Phi) is 9.75. The normalized spacial score (nSPS) is 26.2. The maximum atomic E-state index is 10.5. The molecule has 3 rings (SSSR count). The predicted molar refractivity (Wildman–Crippen MR) is 69.2 cm³/mol.